The number of carbonyl (C=O) groups is 1. The first kappa shape index (κ1) is 18.0. The molecule has 2 aromatic carbocycles. The molecule has 0 aliphatic carbocycles. The van der Waals surface area contributed by atoms with Gasteiger partial charge in [-0.15, -0.1) is 0 Å². The predicted octanol–water partition coefficient (Wildman–Crippen LogP) is 1.62. The topological polar surface area (TPSA) is 98.5 Å². The molecule has 24 heavy (non-hydrogen) atoms. The van der Waals surface area contributed by atoms with E-state index in [1.807, 2.05) is 25.1 Å². The number of methoxy groups -OCH3 is 1. The first-order valence-electron chi connectivity index (χ1n) is 7.36. The number of primary amides is 1. The fraction of sp³-hybridized carbons (Fsp3) is 0.235. The zero-order valence-corrected chi connectivity index (χ0v) is 14.4. The highest BCUT2D eigenvalue weighted by molar-refractivity contribution is 7.89. The van der Waals surface area contributed by atoms with Crippen LogP contribution in [0.2, 0.25) is 0 Å². The molecular weight excluding hydrogens is 328 g/mol. The molecule has 0 bridgehead atoms. The Bertz CT molecular complexity index is 830. The summed E-state index contributed by atoms with van der Waals surface area (Å²) < 4.78 is 32.4. The SMILES string of the molecule is COc1ccc(C)cc1CCNS(=O)(=O)c1ccc(C(N)=O)cc1. The molecule has 0 saturated heterocycles. The Labute approximate surface area is 141 Å². The van der Waals surface area contributed by atoms with E-state index in [-0.39, 0.29) is 17.0 Å². The Hall–Kier alpha value is -2.38. The number of nitrogens with two attached hydrogens (primary N) is 1. The number of sulfonamides is 1. The van der Waals surface area contributed by atoms with E-state index in [2.05, 4.69) is 4.72 Å². The number of benzene rings is 2. The van der Waals surface area contributed by atoms with Crippen LogP contribution in [0.1, 0.15) is 21.5 Å². The summed E-state index contributed by atoms with van der Waals surface area (Å²) in [4.78, 5) is 11.1. The molecule has 0 aliphatic rings. The van der Waals surface area contributed by atoms with Gasteiger partial charge >= 0.3 is 0 Å². The molecule has 0 saturated carbocycles. The molecule has 0 unspecified atom stereocenters. The lowest BCUT2D eigenvalue weighted by molar-refractivity contribution is 0.1000. The molecule has 1 amide bonds. The molecule has 2 aromatic rings. The van der Waals surface area contributed by atoms with Gasteiger partial charge in [0, 0.05) is 12.1 Å². The Morgan fingerprint density at radius 3 is 2.42 bits per heavy atom. The minimum atomic E-state index is -3.65. The third kappa shape index (κ3) is 4.33. The number of aryl methyl sites for hydroxylation is 1. The van der Waals surface area contributed by atoms with Crippen LogP contribution in [0.25, 0.3) is 0 Å². The number of carbonyl (C=O) groups excluding carboxylic acids is 1. The van der Waals surface area contributed by atoms with Crippen LogP contribution in [0.5, 0.6) is 5.75 Å². The van der Waals surface area contributed by atoms with Gasteiger partial charge in [0.1, 0.15) is 5.75 Å². The summed E-state index contributed by atoms with van der Waals surface area (Å²) in [6.45, 7) is 2.20. The summed E-state index contributed by atoms with van der Waals surface area (Å²) in [5.41, 5.74) is 7.42. The highest BCUT2D eigenvalue weighted by atomic mass is 32.2. The number of ether oxygens (including phenoxy) is 1. The molecule has 0 heterocycles. The van der Waals surface area contributed by atoms with Crippen molar-refractivity contribution in [1.82, 2.24) is 4.72 Å². The van der Waals surface area contributed by atoms with Gasteiger partial charge in [0.15, 0.2) is 0 Å². The molecular formula is C17H20N2O4S. The van der Waals surface area contributed by atoms with Gasteiger partial charge in [-0.25, -0.2) is 13.1 Å². The standard InChI is InChI=1S/C17H20N2O4S/c1-12-3-8-16(23-2)14(11-12)9-10-19-24(21,22)15-6-4-13(5-7-15)17(18)20/h3-8,11,19H,9-10H2,1-2H3,(H2,18,20). The Balaban J connectivity index is 2.05. The second-order valence-electron chi connectivity index (χ2n) is 5.35. The summed E-state index contributed by atoms with van der Waals surface area (Å²) >= 11 is 0. The van der Waals surface area contributed by atoms with Crippen molar-refractivity contribution in [1.29, 1.82) is 0 Å². The van der Waals surface area contributed by atoms with Gasteiger partial charge in [-0.05, 0) is 49.2 Å². The number of hydrogen-bond donors (Lipinski definition) is 2. The molecule has 128 valence electrons. The summed E-state index contributed by atoms with van der Waals surface area (Å²) in [6, 6.07) is 11.3. The van der Waals surface area contributed by atoms with Crippen LogP contribution < -0.4 is 15.2 Å². The molecule has 0 aliphatic heterocycles. The van der Waals surface area contributed by atoms with Crippen LogP contribution in [-0.4, -0.2) is 28.0 Å². The van der Waals surface area contributed by atoms with Crippen LogP contribution in [0, 0.1) is 6.92 Å². The van der Waals surface area contributed by atoms with Crippen molar-refractivity contribution in [2.75, 3.05) is 13.7 Å². The molecule has 2 rings (SSSR count). The zero-order valence-electron chi connectivity index (χ0n) is 13.6. The van der Waals surface area contributed by atoms with Crippen molar-refractivity contribution in [3.8, 4) is 5.75 Å². The number of nitrogens with one attached hydrogen (secondary N) is 1. The van der Waals surface area contributed by atoms with E-state index < -0.39 is 15.9 Å². The molecule has 7 heteroatoms. The van der Waals surface area contributed by atoms with Crippen molar-refractivity contribution in [3.63, 3.8) is 0 Å². The lowest BCUT2D eigenvalue weighted by Gasteiger charge is -2.11. The second-order valence-corrected chi connectivity index (χ2v) is 7.12. The van der Waals surface area contributed by atoms with Crippen LogP contribution >= 0.6 is 0 Å². The Morgan fingerprint density at radius 1 is 1.17 bits per heavy atom. The largest absolute Gasteiger partial charge is 0.496 e. The minimum Gasteiger partial charge on any atom is -0.496 e. The normalized spacial score (nSPS) is 11.2. The predicted molar refractivity (Wildman–Crippen MR) is 91.6 cm³/mol. The summed E-state index contributed by atoms with van der Waals surface area (Å²) in [5, 5.41) is 0. The van der Waals surface area contributed by atoms with E-state index >= 15 is 0 Å². The van der Waals surface area contributed by atoms with Crippen LogP contribution in [0.15, 0.2) is 47.4 Å². The first-order chi connectivity index (χ1) is 11.3. The summed E-state index contributed by atoms with van der Waals surface area (Å²) in [6.07, 6.45) is 0.503. The van der Waals surface area contributed by atoms with Gasteiger partial charge < -0.3 is 10.5 Å². The molecule has 0 spiro atoms. The van der Waals surface area contributed by atoms with Crippen molar-refractivity contribution in [2.45, 2.75) is 18.2 Å². The smallest absolute Gasteiger partial charge is 0.248 e. The molecule has 0 atom stereocenters. The van der Waals surface area contributed by atoms with Crippen LogP contribution in [0.4, 0.5) is 0 Å². The lowest BCUT2D eigenvalue weighted by Crippen LogP contribution is -2.26. The fourth-order valence-electron chi connectivity index (χ4n) is 2.30. The number of hydrogen-bond acceptors (Lipinski definition) is 4. The molecule has 3 N–H and O–H groups in total. The van der Waals surface area contributed by atoms with Gasteiger partial charge in [0.2, 0.25) is 15.9 Å². The maximum atomic E-state index is 12.3. The van der Waals surface area contributed by atoms with Gasteiger partial charge in [0.25, 0.3) is 0 Å². The lowest BCUT2D eigenvalue weighted by atomic mass is 10.1. The summed E-state index contributed by atoms with van der Waals surface area (Å²) in [5.74, 6) is 0.129. The third-order valence-electron chi connectivity index (χ3n) is 3.57. The highest BCUT2D eigenvalue weighted by Gasteiger charge is 2.14. The van der Waals surface area contributed by atoms with Crippen molar-refractivity contribution < 1.29 is 17.9 Å². The van der Waals surface area contributed by atoms with Gasteiger partial charge in [-0.1, -0.05) is 17.7 Å². The van der Waals surface area contributed by atoms with E-state index in [4.69, 9.17) is 10.5 Å². The second kappa shape index (κ2) is 7.46. The van der Waals surface area contributed by atoms with Crippen molar-refractivity contribution >= 4 is 15.9 Å². The molecule has 6 nitrogen and oxygen atoms in total. The molecule has 0 aromatic heterocycles. The average Bonchev–Trinajstić information content (AvgIpc) is 2.55. The monoisotopic (exact) mass is 348 g/mol. The van der Waals surface area contributed by atoms with E-state index in [9.17, 15) is 13.2 Å². The third-order valence-corrected chi connectivity index (χ3v) is 5.05. The maximum absolute atomic E-state index is 12.3. The summed E-state index contributed by atoms with van der Waals surface area (Å²) in [7, 11) is -2.06. The first-order valence-corrected chi connectivity index (χ1v) is 8.85. The average molecular weight is 348 g/mol. The quantitative estimate of drug-likeness (QED) is 0.794. The number of amides is 1. The molecule has 0 radical (unpaired) electrons. The van der Waals surface area contributed by atoms with Gasteiger partial charge in [-0.2, -0.15) is 0 Å². The van der Waals surface area contributed by atoms with Crippen molar-refractivity contribution in [3.05, 3.63) is 59.2 Å². The minimum absolute atomic E-state index is 0.0868. The zero-order chi connectivity index (χ0) is 17.7. The van der Waals surface area contributed by atoms with Gasteiger partial charge in [0.05, 0.1) is 12.0 Å². The van der Waals surface area contributed by atoms with E-state index in [0.717, 1.165) is 16.9 Å². The fourth-order valence-corrected chi connectivity index (χ4v) is 3.34. The van der Waals surface area contributed by atoms with Crippen LogP contribution in [-0.2, 0) is 16.4 Å². The maximum Gasteiger partial charge on any atom is 0.248 e. The van der Waals surface area contributed by atoms with E-state index in [0.29, 0.717) is 6.42 Å². The van der Waals surface area contributed by atoms with Gasteiger partial charge in [-0.3, -0.25) is 4.79 Å². The highest BCUT2D eigenvalue weighted by Crippen LogP contribution is 2.20. The van der Waals surface area contributed by atoms with Crippen molar-refractivity contribution in [2.24, 2.45) is 5.73 Å². The van der Waals surface area contributed by atoms with E-state index in [1.165, 1.54) is 24.3 Å². The Morgan fingerprint density at radius 2 is 1.83 bits per heavy atom. The number of rotatable bonds is 7. The van der Waals surface area contributed by atoms with E-state index in [1.54, 1.807) is 7.11 Å². The Kier molecular flexibility index (Phi) is 5.58. The van der Waals surface area contributed by atoms with Crippen LogP contribution in [0.3, 0.4) is 0 Å². The molecule has 0 fully saturated rings.